The van der Waals surface area contributed by atoms with Crippen molar-refractivity contribution < 1.29 is 14.4 Å². The minimum absolute atomic E-state index is 0.101. The van der Waals surface area contributed by atoms with Crippen molar-refractivity contribution >= 4 is 17.3 Å². The van der Waals surface area contributed by atoms with E-state index in [1.165, 1.54) is 0 Å². The highest BCUT2D eigenvalue weighted by atomic mass is 16.1. The lowest BCUT2D eigenvalue weighted by Crippen LogP contribution is -2.30. The quantitative estimate of drug-likeness (QED) is 0.102. The van der Waals surface area contributed by atoms with Crippen LogP contribution in [0.5, 0.6) is 0 Å². The smallest absolute Gasteiger partial charge is 0.193 e. The minimum atomic E-state index is -0.293. The fraction of sp³-hybridized carbons (Fsp3) is 0.0667. The van der Waals surface area contributed by atoms with Crippen LogP contribution in [0.2, 0.25) is 0 Å². The van der Waals surface area contributed by atoms with E-state index in [0.29, 0.717) is 0 Å². The normalized spacial score (nSPS) is 13.1. The standard InChI is InChI=1S/3C45H33NO/c1-45(2)40-23-12-11-22-38(40)44(47)39-25-24-33(27-41(39)45)32-18-13-19-34(26-32)36-20-9-10-21-37(36)35-28-42(30-14-5-3-6-15-30)46-43(29-35)31-16-7-4-8-17-31;1-45(2)40-23-12-11-22-38(40)44(47)39-25-24-34(27-41(39)45)37-21-10-9-20-36(37)33-19-13-18-32(26-33)35-28-42(30-14-5-3-6-15-30)46-43(29-35)31-16-7-4-8-17-31;1-45(2)40-20-12-11-19-38(40)44(47)39-26-25-34(27-41(39)45)37-18-10-9-17-36(37)31-23-21-30(22-24-31)35-28-42(32-13-5-3-6-14-32)46-43(29-35)33-15-7-4-8-16-33/h3*3-29H,1-2H3. The van der Waals surface area contributed by atoms with Gasteiger partial charge in [0.2, 0.25) is 0 Å². The number of pyridine rings is 3. The van der Waals surface area contributed by atoms with E-state index in [4.69, 9.17) is 15.0 Å². The molecule has 0 atom stereocenters. The topological polar surface area (TPSA) is 89.9 Å². The van der Waals surface area contributed by atoms with Gasteiger partial charge in [-0.15, -0.1) is 0 Å². The van der Waals surface area contributed by atoms with Crippen LogP contribution in [0.25, 0.3) is 168 Å². The summed E-state index contributed by atoms with van der Waals surface area (Å²) in [5, 5.41) is 0. The highest BCUT2D eigenvalue weighted by Gasteiger charge is 2.40. The van der Waals surface area contributed by atoms with Gasteiger partial charge < -0.3 is 0 Å². The van der Waals surface area contributed by atoms with Gasteiger partial charge in [0.05, 0.1) is 34.2 Å². The predicted octanol–water partition coefficient (Wildman–Crippen LogP) is 33.9. The van der Waals surface area contributed by atoms with Crippen LogP contribution in [0.15, 0.2) is 491 Å². The molecule has 141 heavy (non-hydrogen) atoms. The molecule has 0 bridgehead atoms. The van der Waals surface area contributed by atoms with E-state index in [-0.39, 0.29) is 33.6 Å². The van der Waals surface area contributed by atoms with Gasteiger partial charge in [-0.1, -0.05) is 466 Å². The Balaban J connectivity index is 0.000000121. The van der Waals surface area contributed by atoms with Crippen molar-refractivity contribution in [3.05, 3.63) is 558 Å². The average molecular weight is 1810 g/mol. The summed E-state index contributed by atoms with van der Waals surface area (Å²) in [6, 6.07) is 170. The maximum absolute atomic E-state index is 13.5. The van der Waals surface area contributed by atoms with Crippen molar-refractivity contribution in [2.45, 2.75) is 57.8 Å². The molecule has 0 saturated heterocycles. The first-order chi connectivity index (χ1) is 68.9. The molecule has 24 rings (SSSR count). The van der Waals surface area contributed by atoms with Crippen molar-refractivity contribution in [1.29, 1.82) is 0 Å². The highest BCUT2D eigenvalue weighted by molar-refractivity contribution is 6.16. The highest BCUT2D eigenvalue weighted by Crippen LogP contribution is 2.50. The Morgan fingerprint density at radius 1 is 0.128 bits per heavy atom. The number of fused-ring (bicyclic) bond motifs is 6. The van der Waals surface area contributed by atoms with E-state index in [1.807, 2.05) is 109 Å². The predicted molar refractivity (Wildman–Crippen MR) is 580 cm³/mol. The SMILES string of the molecule is CC1(C)c2ccccc2C(=O)c2ccc(-c3cccc(-c4ccccc4-c4cc(-c5ccccc5)nc(-c5ccccc5)c4)c3)cc21.CC1(C)c2ccccc2C(=O)c2ccc(-c3ccccc3-c3ccc(-c4cc(-c5ccccc5)nc(-c5ccccc5)c4)cc3)cc21.CC1(C)c2ccccc2C(=O)c2ccc(-c3ccccc3-c3cccc(-c4cc(-c5ccccc5)nc(-c5ccccc5)c4)c3)cc21. The van der Waals surface area contributed by atoms with Crippen LogP contribution < -0.4 is 0 Å². The fourth-order valence-electron chi connectivity index (χ4n) is 21.0. The summed E-state index contributed by atoms with van der Waals surface area (Å²) in [6.45, 7) is 13.3. The second-order valence-corrected chi connectivity index (χ2v) is 38.2. The molecular weight excluding hydrogens is 1710 g/mol. The zero-order valence-corrected chi connectivity index (χ0v) is 79.3. The molecule has 0 N–H and O–H groups in total. The summed E-state index contributed by atoms with van der Waals surface area (Å²) in [4.78, 5) is 55.7. The van der Waals surface area contributed by atoms with Crippen LogP contribution in [-0.4, -0.2) is 32.3 Å². The van der Waals surface area contributed by atoms with E-state index in [2.05, 4.69) is 424 Å². The maximum Gasteiger partial charge on any atom is 0.193 e. The fourth-order valence-corrected chi connectivity index (χ4v) is 21.0. The number of carbonyl (C=O) groups excluding carboxylic acids is 3. The lowest BCUT2D eigenvalue weighted by Gasteiger charge is -2.34. The van der Waals surface area contributed by atoms with E-state index in [9.17, 15) is 14.4 Å². The number of hydrogen-bond donors (Lipinski definition) is 0. The van der Waals surface area contributed by atoms with Gasteiger partial charge in [0.1, 0.15) is 0 Å². The summed E-state index contributed by atoms with van der Waals surface area (Å²) in [6.07, 6.45) is 0. The average Bonchev–Trinajstić information content (AvgIpc) is 0.731. The lowest BCUT2D eigenvalue weighted by atomic mass is 9.68. The Morgan fingerprint density at radius 2 is 0.312 bits per heavy atom. The maximum atomic E-state index is 13.5. The third kappa shape index (κ3) is 17.2. The summed E-state index contributed by atoms with van der Waals surface area (Å²) >= 11 is 0. The Bertz CT molecular complexity index is 8220. The Morgan fingerprint density at radius 3 is 0.617 bits per heavy atom. The third-order valence-corrected chi connectivity index (χ3v) is 28.5. The molecular formula is C135H99N3O3. The summed E-state index contributed by atoms with van der Waals surface area (Å²) in [5.41, 5.74) is 43.0. The van der Waals surface area contributed by atoms with E-state index >= 15 is 0 Å². The van der Waals surface area contributed by atoms with Gasteiger partial charge in [-0.05, 0) is 200 Å². The number of benzene rings is 18. The number of rotatable bonds is 15. The molecule has 0 unspecified atom stereocenters. The molecule has 3 aliphatic rings. The van der Waals surface area contributed by atoms with Crippen molar-refractivity contribution in [2.75, 3.05) is 0 Å². The number of ketones is 3. The zero-order chi connectivity index (χ0) is 95.9. The number of carbonyl (C=O) groups is 3. The molecule has 3 heterocycles. The second kappa shape index (κ2) is 37.5. The molecule has 6 nitrogen and oxygen atoms in total. The Kier molecular flexibility index (Phi) is 23.6. The largest absolute Gasteiger partial charge is 0.289 e. The molecule has 3 aromatic heterocycles. The first-order valence-electron chi connectivity index (χ1n) is 48.3. The third-order valence-electron chi connectivity index (χ3n) is 28.5. The summed E-state index contributed by atoms with van der Waals surface area (Å²) in [5.74, 6) is 0.308. The van der Waals surface area contributed by atoms with E-state index in [0.717, 1.165) is 234 Å². The Labute approximate surface area is 824 Å². The molecule has 6 heteroatoms. The van der Waals surface area contributed by atoms with E-state index < -0.39 is 0 Å². The second-order valence-electron chi connectivity index (χ2n) is 38.2. The number of aromatic nitrogens is 3. The molecule has 18 aromatic carbocycles. The van der Waals surface area contributed by atoms with Crippen molar-refractivity contribution in [3.8, 4) is 168 Å². The van der Waals surface area contributed by atoms with Gasteiger partial charge in [0, 0.05) is 83.0 Å². The molecule has 0 saturated carbocycles. The minimum Gasteiger partial charge on any atom is -0.289 e. The molecule has 0 amide bonds. The molecule has 0 aliphatic heterocycles. The van der Waals surface area contributed by atoms with Crippen molar-refractivity contribution in [2.24, 2.45) is 0 Å². The summed E-state index contributed by atoms with van der Waals surface area (Å²) in [7, 11) is 0. The van der Waals surface area contributed by atoms with Crippen LogP contribution in [-0.2, 0) is 16.2 Å². The molecule has 0 radical (unpaired) electrons. The van der Waals surface area contributed by atoms with Gasteiger partial charge in [0.25, 0.3) is 0 Å². The van der Waals surface area contributed by atoms with Gasteiger partial charge in [0.15, 0.2) is 17.3 Å². The van der Waals surface area contributed by atoms with Gasteiger partial charge in [-0.3, -0.25) is 14.4 Å². The molecule has 0 fully saturated rings. The number of nitrogens with zero attached hydrogens (tertiary/aromatic N) is 3. The van der Waals surface area contributed by atoms with E-state index in [1.54, 1.807) is 0 Å². The van der Waals surface area contributed by atoms with Crippen molar-refractivity contribution in [1.82, 2.24) is 15.0 Å². The van der Waals surface area contributed by atoms with Crippen LogP contribution >= 0.6 is 0 Å². The number of hydrogen-bond acceptors (Lipinski definition) is 6. The van der Waals surface area contributed by atoms with Crippen molar-refractivity contribution in [3.63, 3.8) is 0 Å². The first-order valence-corrected chi connectivity index (χ1v) is 48.3. The van der Waals surface area contributed by atoms with Crippen LogP contribution in [0, 0.1) is 0 Å². The van der Waals surface area contributed by atoms with Gasteiger partial charge in [-0.25, -0.2) is 15.0 Å². The molecule has 672 valence electrons. The monoisotopic (exact) mass is 1810 g/mol. The first kappa shape index (κ1) is 88.7. The van der Waals surface area contributed by atoms with Crippen LogP contribution in [0.3, 0.4) is 0 Å². The van der Waals surface area contributed by atoms with Crippen LogP contribution in [0.4, 0.5) is 0 Å². The Hall–Kier alpha value is -17.6. The molecule has 0 spiro atoms. The lowest BCUT2D eigenvalue weighted by molar-refractivity contribution is 0.102. The van der Waals surface area contributed by atoms with Crippen LogP contribution in [0.1, 0.15) is 123 Å². The summed E-state index contributed by atoms with van der Waals surface area (Å²) < 4.78 is 0. The molecule has 21 aromatic rings. The molecule has 3 aliphatic carbocycles. The van der Waals surface area contributed by atoms with Gasteiger partial charge in [-0.2, -0.15) is 0 Å². The van der Waals surface area contributed by atoms with Gasteiger partial charge >= 0.3 is 0 Å². The zero-order valence-electron chi connectivity index (χ0n) is 79.3.